The molecule has 1 saturated carbocycles. The SMILES string of the molecule is CCNC(Cc1nnn(C)n1)C1CCC(C(C)(C)C)CC1. The molecule has 0 saturated heterocycles. The average molecular weight is 293 g/mol. The Kier molecular flexibility index (Phi) is 5.36. The van der Waals surface area contributed by atoms with Gasteiger partial charge in [-0.1, -0.05) is 27.7 Å². The maximum absolute atomic E-state index is 4.34. The molecule has 0 amide bonds. The highest BCUT2D eigenvalue weighted by Crippen LogP contribution is 2.40. The molecule has 1 atom stereocenters. The van der Waals surface area contributed by atoms with Crippen molar-refractivity contribution in [3.8, 4) is 0 Å². The fraction of sp³-hybridized carbons (Fsp3) is 0.938. The lowest BCUT2D eigenvalue weighted by atomic mass is 9.68. The second-order valence-corrected chi connectivity index (χ2v) is 7.54. The quantitative estimate of drug-likeness (QED) is 0.906. The van der Waals surface area contributed by atoms with Crippen LogP contribution in [0.2, 0.25) is 0 Å². The smallest absolute Gasteiger partial charge is 0.176 e. The first-order valence-electron chi connectivity index (χ1n) is 8.36. The van der Waals surface area contributed by atoms with E-state index in [-0.39, 0.29) is 0 Å². The van der Waals surface area contributed by atoms with Crippen molar-refractivity contribution in [2.24, 2.45) is 24.3 Å². The van der Waals surface area contributed by atoms with E-state index < -0.39 is 0 Å². The third kappa shape index (κ3) is 4.50. The van der Waals surface area contributed by atoms with E-state index in [0.717, 1.165) is 30.6 Å². The molecule has 1 heterocycles. The Hall–Kier alpha value is -0.970. The summed E-state index contributed by atoms with van der Waals surface area (Å²) in [6, 6.07) is 0.486. The van der Waals surface area contributed by atoms with Crippen LogP contribution in [0.25, 0.3) is 0 Å². The van der Waals surface area contributed by atoms with E-state index in [9.17, 15) is 0 Å². The molecule has 0 bridgehead atoms. The minimum Gasteiger partial charge on any atom is -0.314 e. The van der Waals surface area contributed by atoms with E-state index in [4.69, 9.17) is 0 Å². The van der Waals surface area contributed by atoms with Crippen molar-refractivity contribution in [2.75, 3.05) is 6.54 Å². The van der Waals surface area contributed by atoms with Gasteiger partial charge in [0.15, 0.2) is 5.82 Å². The van der Waals surface area contributed by atoms with Crippen LogP contribution in [0.15, 0.2) is 0 Å². The topological polar surface area (TPSA) is 55.6 Å². The Morgan fingerprint density at radius 2 is 1.90 bits per heavy atom. The van der Waals surface area contributed by atoms with E-state index in [1.165, 1.54) is 25.7 Å². The summed E-state index contributed by atoms with van der Waals surface area (Å²) in [6.07, 6.45) is 6.24. The van der Waals surface area contributed by atoms with Gasteiger partial charge in [0.25, 0.3) is 0 Å². The van der Waals surface area contributed by atoms with Gasteiger partial charge >= 0.3 is 0 Å². The summed E-state index contributed by atoms with van der Waals surface area (Å²) in [7, 11) is 1.83. The van der Waals surface area contributed by atoms with Gasteiger partial charge < -0.3 is 5.32 Å². The molecule has 1 aliphatic rings. The molecule has 21 heavy (non-hydrogen) atoms. The molecule has 1 N–H and O–H groups in total. The minimum absolute atomic E-state index is 0.450. The maximum atomic E-state index is 4.34. The highest BCUT2D eigenvalue weighted by Gasteiger charge is 2.33. The third-order valence-electron chi connectivity index (χ3n) is 4.98. The first kappa shape index (κ1) is 16.4. The summed E-state index contributed by atoms with van der Waals surface area (Å²) in [5, 5.41) is 16.1. The van der Waals surface area contributed by atoms with Crippen molar-refractivity contribution in [3.05, 3.63) is 5.82 Å². The van der Waals surface area contributed by atoms with Crippen molar-refractivity contribution in [3.63, 3.8) is 0 Å². The van der Waals surface area contributed by atoms with Gasteiger partial charge in [0.05, 0.1) is 7.05 Å². The molecule has 120 valence electrons. The number of rotatable bonds is 5. The van der Waals surface area contributed by atoms with Crippen molar-refractivity contribution in [1.29, 1.82) is 0 Å². The van der Waals surface area contributed by atoms with Crippen molar-refractivity contribution >= 4 is 0 Å². The van der Waals surface area contributed by atoms with E-state index in [2.05, 4.69) is 48.4 Å². The Balaban J connectivity index is 1.93. The van der Waals surface area contributed by atoms with Gasteiger partial charge in [-0.05, 0) is 54.7 Å². The molecule has 0 spiro atoms. The summed E-state index contributed by atoms with van der Waals surface area (Å²) < 4.78 is 0. The lowest BCUT2D eigenvalue weighted by Crippen LogP contribution is -2.41. The van der Waals surface area contributed by atoms with Gasteiger partial charge in [-0.25, -0.2) is 0 Å². The van der Waals surface area contributed by atoms with Crippen molar-refractivity contribution < 1.29 is 0 Å². The van der Waals surface area contributed by atoms with Gasteiger partial charge in [-0.15, -0.1) is 10.2 Å². The van der Waals surface area contributed by atoms with Crippen LogP contribution in [0.4, 0.5) is 0 Å². The summed E-state index contributed by atoms with van der Waals surface area (Å²) in [5.41, 5.74) is 0.450. The second kappa shape index (κ2) is 6.86. The first-order valence-corrected chi connectivity index (χ1v) is 8.36. The zero-order valence-corrected chi connectivity index (χ0v) is 14.3. The number of hydrogen-bond acceptors (Lipinski definition) is 4. The number of aromatic nitrogens is 4. The zero-order chi connectivity index (χ0) is 15.5. The van der Waals surface area contributed by atoms with Gasteiger partial charge in [-0.3, -0.25) is 0 Å². The summed E-state index contributed by atoms with van der Waals surface area (Å²) in [6.45, 7) is 10.3. The van der Waals surface area contributed by atoms with Crippen LogP contribution in [0.3, 0.4) is 0 Å². The summed E-state index contributed by atoms with van der Waals surface area (Å²) in [5.74, 6) is 2.47. The summed E-state index contributed by atoms with van der Waals surface area (Å²) >= 11 is 0. The van der Waals surface area contributed by atoms with Crippen LogP contribution >= 0.6 is 0 Å². The molecule has 1 aliphatic carbocycles. The number of nitrogens with one attached hydrogen (secondary N) is 1. The number of hydrogen-bond donors (Lipinski definition) is 1. The monoisotopic (exact) mass is 293 g/mol. The minimum atomic E-state index is 0.450. The molecule has 1 aromatic heterocycles. The van der Waals surface area contributed by atoms with E-state index in [1.807, 2.05) is 7.05 Å². The van der Waals surface area contributed by atoms with Crippen LogP contribution in [-0.2, 0) is 13.5 Å². The van der Waals surface area contributed by atoms with Crippen LogP contribution in [-0.4, -0.2) is 32.8 Å². The Bertz CT molecular complexity index is 426. The Morgan fingerprint density at radius 1 is 1.24 bits per heavy atom. The van der Waals surface area contributed by atoms with Crippen molar-refractivity contribution in [2.45, 2.75) is 65.8 Å². The molecule has 2 rings (SSSR count). The number of tetrazole rings is 1. The van der Waals surface area contributed by atoms with Crippen LogP contribution in [0.5, 0.6) is 0 Å². The first-order chi connectivity index (χ1) is 9.90. The lowest BCUT2D eigenvalue weighted by molar-refractivity contribution is 0.132. The van der Waals surface area contributed by atoms with E-state index >= 15 is 0 Å². The number of likely N-dealkylation sites (N-methyl/N-ethyl adjacent to an activating group) is 1. The molecule has 0 radical (unpaired) electrons. The normalized spacial score (nSPS) is 25.0. The van der Waals surface area contributed by atoms with Gasteiger partial charge in [-0.2, -0.15) is 4.80 Å². The van der Waals surface area contributed by atoms with Crippen LogP contribution < -0.4 is 5.32 Å². The van der Waals surface area contributed by atoms with Gasteiger partial charge in [0.1, 0.15) is 0 Å². The molecule has 0 aromatic carbocycles. The summed E-state index contributed by atoms with van der Waals surface area (Å²) in [4.78, 5) is 1.55. The highest BCUT2D eigenvalue weighted by atomic mass is 15.6. The van der Waals surface area contributed by atoms with Gasteiger partial charge in [0, 0.05) is 12.5 Å². The molecular weight excluding hydrogens is 262 g/mol. The molecule has 0 aliphatic heterocycles. The predicted octanol–water partition coefficient (Wildman–Crippen LogP) is 2.58. The average Bonchev–Trinajstić information content (AvgIpc) is 2.83. The van der Waals surface area contributed by atoms with Gasteiger partial charge in [0.2, 0.25) is 0 Å². The van der Waals surface area contributed by atoms with Crippen LogP contribution in [0.1, 0.15) is 59.2 Å². The molecular formula is C16H31N5. The fourth-order valence-corrected chi connectivity index (χ4v) is 3.66. The molecule has 1 fully saturated rings. The predicted molar refractivity (Wildman–Crippen MR) is 84.9 cm³/mol. The molecule has 1 unspecified atom stereocenters. The maximum Gasteiger partial charge on any atom is 0.176 e. The van der Waals surface area contributed by atoms with E-state index in [1.54, 1.807) is 4.80 Å². The number of aryl methyl sites for hydroxylation is 1. The fourth-order valence-electron chi connectivity index (χ4n) is 3.66. The standard InChI is InChI=1S/C16H31N5/c1-6-17-14(11-15-18-20-21(5)19-15)12-7-9-13(10-8-12)16(2,3)4/h12-14,17H,6-11H2,1-5H3. The van der Waals surface area contributed by atoms with Crippen molar-refractivity contribution in [1.82, 2.24) is 25.5 Å². The Labute approximate surface area is 128 Å². The highest BCUT2D eigenvalue weighted by molar-refractivity contribution is 4.91. The molecule has 5 heteroatoms. The zero-order valence-electron chi connectivity index (χ0n) is 14.3. The second-order valence-electron chi connectivity index (χ2n) is 7.54. The molecule has 5 nitrogen and oxygen atoms in total. The number of nitrogens with zero attached hydrogens (tertiary/aromatic N) is 4. The van der Waals surface area contributed by atoms with E-state index in [0.29, 0.717) is 11.5 Å². The Morgan fingerprint density at radius 3 is 2.38 bits per heavy atom. The third-order valence-corrected chi connectivity index (χ3v) is 4.98. The lowest BCUT2D eigenvalue weighted by Gasteiger charge is -2.39. The van der Waals surface area contributed by atoms with Crippen LogP contribution in [0, 0.1) is 17.3 Å². The molecule has 1 aromatic rings. The largest absolute Gasteiger partial charge is 0.314 e.